The highest BCUT2D eigenvalue weighted by atomic mass is 32.1. The van der Waals surface area contributed by atoms with E-state index in [9.17, 15) is 14.9 Å². The highest BCUT2D eigenvalue weighted by molar-refractivity contribution is 7.71. The van der Waals surface area contributed by atoms with Crippen LogP contribution in [0.25, 0.3) is 0 Å². The number of aromatic nitrogens is 2. The molecule has 0 saturated carbocycles. The van der Waals surface area contributed by atoms with Crippen molar-refractivity contribution < 1.29 is 18.9 Å². The molecule has 1 amide bonds. The molecule has 0 saturated heterocycles. The van der Waals surface area contributed by atoms with Crippen LogP contribution in [0.1, 0.15) is 17.0 Å². The van der Waals surface area contributed by atoms with Gasteiger partial charge in [0.2, 0.25) is 5.91 Å². The Kier molecular flexibility index (Phi) is 6.03. The van der Waals surface area contributed by atoms with Crippen molar-refractivity contribution in [2.24, 2.45) is 0 Å². The zero-order valence-electron chi connectivity index (χ0n) is 15.7. The van der Waals surface area contributed by atoms with E-state index < -0.39 is 10.8 Å². The molecule has 0 atom stereocenters. The average Bonchev–Trinajstić information content (AvgIpc) is 3.02. The van der Waals surface area contributed by atoms with Gasteiger partial charge < -0.3 is 14.5 Å². The molecule has 10 heteroatoms. The quantitative estimate of drug-likeness (QED) is 0.354. The summed E-state index contributed by atoms with van der Waals surface area (Å²) in [5.41, 5.74) is 1.98. The lowest BCUT2D eigenvalue weighted by atomic mass is 10.2. The molecule has 2 aromatic carbocycles. The number of nitro benzene ring substituents is 1. The fourth-order valence-corrected chi connectivity index (χ4v) is 2.79. The van der Waals surface area contributed by atoms with Gasteiger partial charge in [0.1, 0.15) is 12.3 Å². The van der Waals surface area contributed by atoms with Crippen LogP contribution in [0.5, 0.6) is 5.75 Å². The van der Waals surface area contributed by atoms with Gasteiger partial charge in [-0.3, -0.25) is 14.9 Å². The van der Waals surface area contributed by atoms with Crippen LogP contribution in [0.15, 0.2) is 46.9 Å². The molecule has 0 bridgehead atoms. The van der Waals surface area contributed by atoms with E-state index in [1.807, 2.05) is 31.2 Å². The molecule has 1 aromatic heterocycles. The molecule has 9 nitrogen and oxygen atoms in total. The summed E-state index contributed by atoms with van der Waals surface area (Å²) in [5, 5.41) is 17.7. The number of hydrogen-bond acceptors (Lipinski definition) is 7. The number of ether oxygens (including phenoxy) is 1. The Morgan fingerprint density at radius 3 is 2.72 bits per heavy atom. The fourth-order valence-electron chi connectivity index (χ4n) is 2.59. The monoisotopic (exact) mass is 414 g/mol. The summed E-state index contributed by atoms with van der Waals surface area (Å²) in [5.74, 6) is 0.560. The number of nitro groups is 1. The summed E-state index contributed by atoms with van der Waals surface area (Å²) in [4.78, 5) is 22.7. The van der Waals surface area contributed by atoms with E-state index >= 15 is 0 Å². The first-order valence-electron chi connectivity index (χ1n) is 8.63. The third kappa shape index (κ3) is 5.05. The van der Waals surface area contributed by atoms with Crippen LogP contribution in [0.4, 0.5) is 11.4 Å². The Labute approximate surface area is 171 Å². The first-order valence-corrected chi connectivity index (χ1v) is 9.04. The third-order valence-corrected chi connectivity index (χ3v) is 4.38. The first-order chi connectivity index (χ1) is 13.8. The minimum absolute atomic E-state index is 0.0440. The van der Waals surface area contributed by atoms with Crippen molar-refractivity contribution in [1.29, 1.82) is 0 Å². The number of benzene rings is 2. The Hall–Kier alpha value is -3.53. The van der Waals surface area contributed by atoms with Gasteiger partial charge in [-0.15, -0.1) is 5.10 Å². The molecule has 0 spiro atoms. The molecule has 1 heterocycles. The molecule has 0 aliphatic rings. The zero-order valence-corrected chi connectivity index (χ0v) is 16.6. The Balaban J connectivity index is 1.63. The minimum atomic E-state index is -0.492. The molecular formula is C19H18N4O5S. The number of para-hydroxylation sites is 1. The van der Waals surface area contributed by atoms with Gasteiger partial charge in [-0.25, -0.2) is 4.68 Å². The average molecular weight is 414 g/mol. The highest BCUT2D eigenvalue weighted by Crippen LogP contribution is 2.21. The third-order valence-electron chi connectivity index (χ3n) is 4.08. The van der Waals surface area contributed by atoms with Crippen molar-refractivity contribution >= 4 is 29.5 Å². The van der Waals surface area contributed by atoms with Gasteiger partial charge in [0.15, 0.2) is 6.61 Å². The van der Waals surface area contributed by atoms with Crippen molar-refractivity contribution in [2.45, 2.75) is 27.0 Å². The van der Waals surface area contributed by atoms with Crippen molar-refractivity contribution in [3.05, 3.63) is 74.4 Å². The number of nitrogens with zero attached hydrogens (tertiary/aromatic N) is 3. The fraction of sp³-hybridized carbons (Fsp3) is 0.211. The molecule has 1 N–H and O–H groups in total. The van der Waals surface area contributed by atoms with Crippen LogP contribution in [-0.2, 0) is 17.9 Å². The Bertz CT molecular complexity index is 1120. The number of nitrogens with one attached hydrogen (secondary N) is 1. The molecule has 0 radical (unpaired) electrons. The van der Waals surface area contributed by atoms with Gasteiger partial charge in [0.05, 0.1) is 4.92 Å². The number of non-ortho nitro benzene ring substituents is 1. The summed E-state index contributed by atoms with van der Waals surface area (Å²) < 4.78 is 12.3. The summed E-state index contributed by atoms with van der Waals surface area (Å²) in [6.07, 6.45) is 0. The molecule has 3 aromatic rings. The van der Waals surface area contributed by atoms with Crippen molar-refractivity contribution in [3.63, 3.8) is 0 Å². The van der Waals surface area contributed by atoms with Crippen molar-refractivity contribution in [2.75, 3.05) is 5.32 Å². The maximum atomic E-state index is 12.3. The standard InChI is InChI=1S/C19H18N4O5S/c1-12-5-3-4-6-16(12)27-11-18-21-22(19(29)28-18)10-17(24)20-15-8-7-14(23(25)26)9-13(15)2/h3-9H,10-11H2,1-2H3,(H,20,24). The second-order valence-electron chi connectivity index (χ2n) is 6.28. The van der Waals surface area contributed by atoms with E-state index in [4.69, 9.17) is 21.4 Å². The molecule has 29 heavy (non-hydrogen) atoms. The molecule has 3 rings (SSSR count). The lowest BCUT2D eigenvalue weighted by molar-refractivity contribution is -0.384. The summed E-state index contributed by atoms with van der Waals surface area (Å²) >= 11 is 5.11. The van der Waals surface area contributed by atoms with Crippen LogP contribution in [0.3, 0.4) is 0 Å². The summed E-state index contributed by atoms with van der Waals surface area (Å²) in [6.45, 7) is 3.51. The largest absolute Gasteiger partial charge is 0.484 e. The van der Waals surface area contributed by atoms with E-state index in [2.05, 4.69) is 10.4 Å². The Morgan fingerprint density at radius 1 is 1.28 bits per heavy atom. The van der Waals surface area contributed by atoms with Crippen LogP contribution in [0.2, 0.25) is 0 Å². The van der Waals surface area contributed by atoms with E-state index in [0.717, 1.165) is 5.56 Å². The number of anilines is 1. The van der Waals surface area contributed by atoms with E-state index in [0.29, 0.717) is 17.0 Å². The maximum Gasteiger partial charge on any atom is 0.287 e. The number of hydrogen-bond donors (Lipinski definition) is 1. The summed E-state index contributed by atoms with van der Waals surface area (Å²) in [6, 6.07) is 11.7. The van der Waals surface area contributed by atoms with Gasteiger partial charge in [-0.05, 0) is 49.3 Å². The normalized spacial score (nSPS) is 10.6. The SMILES string of the molecule is Cc1cc([N+](=O)[O-])ccc1NC(=O)Cn1nc(COc2ccccc2C)oc1=S. The lowest BCUT2D eigenvalue weighted by Gasteiger charge is -2.08. The van der Waals surface area contributed by atoms with E-state index in [1.165, 1.54) is 22.9 Å². The zero-order chi connectivity index (χ0) is 21.0. The predicted molar refractivity (Wildman–Crippen MR) is 107 cm³/mol. The number of aryl methyl sites for hydroxylation is 2. The van der Waals surface area contributed by atoms with Crippen LogP contribution in [0, 0.1) is 28.8 Å². The number of rotatable bonds is 7. The molecule has 0 aliphatic carbocycles. The first kappa shape index (κ1) is 20.2. The molecule has 0 fully saturated rings. The van der Waals surface area contributed by atoms with Crippen molar-refractivity contribution in [3.8, 4) is 5.75 Å². The van der Waals surface area contributed by atoms with E-state index in [1.54, 1.807) is 6.92 Å². The Morgan fingerprint density at radius 2 is 2.03 bits per heavy atom. The molecule has 0 aliphatic heterocycles. The van der Waals surface area contributed by atoms with E-state index in [-0.39, 0.29) is 29.6 Å². The number of amides is 1. The van der Waals surface area contributed by atoms with Gasteiger partial charge >= 0.3 is 0 Å². The van der Waals surface area contributed by atoms with Gasteiger partial charge in [-0.1, -0.05) is 18.2 Å². The molecule has 150 valence electrons. The maximum absolute atomic E-state index is 12.3. The van der Waals surface area contributed by atoms with Gasteiger partial charge in [-0.2, -0.15) is 0 Å². The molecular weight excluding hydrogens is 396 g/mol. The van der Waals surface area contributed by atoms with Gasteiger partial charge in [0.25, 0.3) is 16.4 Å². The molecule has 0 unspecified atom stereocenters. The highest BCUT2D eigenvalue weighted by Gasteiger charge is 2.13. The number of carbonyl (C=O) groups is 1. The smallest absolute Gasteiger partial charge is 0.287 e. The summed E-state index contributed by atoms with van der Waals surface area (Å²) in [7, 11) is 0. The second-order valence-corrected chi connectivity index (χ2v) is 6.63. The second kappa shape index (κ2) is 8.65. The van der Waals surface area contributed by atoms with Crippen LogP contribution < -0.4 is 10.1 Å². The number of carbonyl (C=O) groups excluding carboxylic acids is 1. The lowest BCUT2D eigenvalue weighted by Crippen LogP contribution is -2.20. The van der Waals surface area contributed by atoms with Gasteiger partial charge in [0, 0.05) is 17.8 Å². The van der Waals surface area contributed by atoms with Crippen molar-refractivity contribution in [1.82, 2.24) is 9.78 Å². The predicted octanol–water partition coefficient (Wildman–Crippen LogP) is 3.95. The van der Waals surface area contributed by atoms with Crippen LogP contribution >= 0.6 is 12.2 Å². The van der Waals surface area contributed by atoms with Crippen LogP contribution in [-0.4, -0.2) is 20.6 Å². The minimum Gasteiger partial charge on any atom is -0.484 e. The topological polar surface area (TPSA) is 112 Å².